The van der Waals surface area contributed by atoms with Gasteiger partial charge in [0.1, 0.15) is 12.1 Å². The molecule has 2 aromatic carbocycles. The van der Waals surface area contributed by atoms with Crippen molar-refractivity contribution in [3.05, 3.63) is 58.6 Å². The van der Waals surface area contributed by atoms with E-state index in [4.69, 9.17) is 40.3 Å². The molecule has 26 heavy (non-hydrogen) atoms. The highest BCUT2D eigenvalue weighted by Crippen LogP contribution is 2.38. The van der Waals surface area contributed by atoms with Gasteiger partial charge in [-0.3, -0.25) is 0 Å². The van der Waals surface area contributed by atoms with Gasteiger partial charge in [-0.05, 0) is 30.3 Å². The SMILES string of the molecule is Clc1ccccc1C1=NC2(CO1)COC(c1ccc3c(c1)OCO3)OC2. The van der Waals surface area contributed by atoms with Crippen molar-refractivity contribution in [2.24, 2.45) is 4.99 Å². The molecular weight excluding hydrogens is 358 g/mol. The molecule has 0 radical (unpaired) electrons. The van der Waals surface area contributed by atoms with Crippen LogP contribution in [0.15, 0.2) is 47.5 Å². The first-order valence-electron chi connectivity index (χ1n) is 8.33. The lowest BCUT2D eigenvalue weighted by Gasteiger charge is -2.33. The smallest absolute Gasteiger partial charge is 0.231 e. The molecule has 1 saturated heterocycles. The molecule has 5 rings (SSSR count). The Morgan fingerprint density at radius 1 is 0.923 bits per heavy atom. The van der Waals surface area contributed by atoms with Gasteiger partial charge < -0.3 is 23.7 Å². The minimum atomic E-state index is -0.540. The van der Waals surface area contributed by atoms with Crippen LogP contribution in [0.5, 0.6) is 11.5 Å². The molecule has 0 unspecified atom stereocenters. The monoisotopic (exact) mass is 373 g/mol. The van der Waals surface area contributed by atoms with Gasteiger partial charge in [0.15, 0.2) is 17.8 Å². The van der Waals surface area contributed by atoms with Crippen molar-refractivity contribution in [3.63, 3.8) is 0 Å². The first-order valence-corrected chi connectivity index (χ1v) is 8.71. The van der Waals surface area contributed by atoms with E-state index in [-0.39, 0.29) is 6.79 Å². The lowest BCUT2D eigenvalue weighted by molar-refractivity contribution is -0.212. The largest absolute Gasteiger partial charge is 0.475 e. The van der Waals surface area contributed by atoms with Crippen molar-refractivity contribution in [1.29, 1.82) is 0 Å². The molecule has 0 atom stereocenters. The molecule has 0 aliphatic carbocycles. The summed E-state index contributed by atoms with van der Waals surface area (Å²) in [5, 5.41) is 0.610. The molecule has 0 aromatic heterocycles. The van der Waals surface area contributed by atoms with Gasteiger partial charge in [0.25, 0.3) is 0 Å². The fraction of sp³-hybridized carbons (Fsp3) is 0.316. The molecule has 3 heterocycles. The summed E-state index contributed by atoms with van der Waals surface area (Å²) < 4.78 is 28.4. The first kappa shape index (κ1) is 15.9. The molecule has 0 bridgehead atoms. The maximum absolute atomic E-state index is 6.24. The number of rotatable bonds is 2. The molecule has 0 saturated carbocycles. The maximum Gasteiger partial charge on any atom is 0.231 e. The molecule has 1 spiro atoms. The predicted octanol–water partition coefficient (Wildman–Crippen LogP) is 3.33. The minimum absolute atomic E-state index is 0.241. The Balaban J connectivity index is 1.32. The molecule has 1 fully saturated rings. The van der Waals surface area contributed by atoms with Crippen LogP contribution < -0.4 is 9.47 Å². The zero-order valence-corrected chi connectivity index (χ0v) is 14.6. The van der Waals surface area contributed by atoms with E-state index in [2.05, 4.69) is 0 Å². The molecule has 2 aromatic rings. The van der Waals surface area contributed by atoms with Gasteiger partial charge in [0, 0.05) is 5.56 Å². The number of hydrogen-bond acceptors (Lipinski definition) is 6. The fourth-order valence-corrected chi connectivity index (χ4v) is 3.42. The Bertz CT molecular complexity index is 876. The molecule has 0 amide bonds. The van der Waals surface area contributed by atoms with Crippen LogP contribution in [0.3, 0.4) is 0 Å². The van der Waals surface area contributed by atoms with Crippen LogP contribution in [-0.4, -0.2) is 38.1 Å². The highest BCUT2D eigenvalue weighted by atomic mass is 35.5. The number of fused-ring (bicyclic) bond motifs is 1. The third-order valence-corrected chi connectivity index (χ3v) is 4.93. The summed E-state index contributed by atoms with van der Waals surface area (Å²) in [4.78, 5) is 4.71. The fourth-order valence-electron chi connectivity index (χ4n) is 3.21. The Kier molecular flexibility index (Phi) is 3.77. The van der Waals surface area contributed by atoms with E-state index in [9.17, 15) is 0 Å². The number of ether oxygens (including phenoxy) is 5. The summed E-state index contributed by atoms with van der Waals surface area (Å²) in [5.41, 5.74) is 1.13. The van der Waals surface area contributed by atoms with Crippen molar-refractivity contribution >= 4 is 17.5 Å². The van der Waals surface area contributed by atoms with Gasteiger partial charge in [0.2, 0.25) is 12.7 Å². The average Bonchev–Trinajstić information content (AvgIpc) is 3.30. The normalized spacial score (nSPS) is 26.7. The summed E-state index contributed by atoms with van der Waals surface area (Å²) >= 11 is 6.24. The number of aliphatic imine (C=N–C) groups is 1. The Labute approximate surface area is 155 Å². The van der Waals surface area contributed by atoms with E-state index in [1.54, 1.807) is 0 Å². The van der Waals surface area contributed by atoms with Crippen molar-refractivity contribution in [3.8, 4) is 11.5 Å². The Hall–Kier alpha value is -2.28. The second-order valence-corrected chi connectivity index (χ2v) is 6.88. The molecule has 3 aliphatic rings. The summed E-state index contributed by atoms with van der Waals surface area (Å²) in [6.07, 6.45) is -0.463. The van der Waals surface area contributed by atoms with Crippen molar-refractivity contribution in [2.75, 3.05) is 26.6 Å². The van der Waals surface area contributed by atoms with Crippen molar-refractivity contribution < 1.29 is 23.7 Å². The van der Waals surface area contributed by atoms with E-state index in [0.29, 0.717) is 36.5 Å². The van der Waals surface area contributed by atoms with Gasteiger partial charge in [-0.15, -0.1) is 0 Å². The van der Waals surface area contributed by atoms with E-state index < -0.39 is 11.8 Å². The molecule has 6 nitrogen and oxygen atoms in total. The third kappa shape index (κ3) is 2.70. The van der Waals surface area contributed by atoms with E-state index in [1.807, 2.05) is 42.5 Å². The average molecular weight is 374 g/mol. The number of nitrogens with zero attached hydrogens (tertiary/aromatic N) is 1. The maximum atomic E-state index is 6.24. The van der Waals surface area contributed by atoms with Gasteiger partial charge in [-0.1, -0.05) is 23.7 Å². The molecule has 134 valence electrons. The van der Waals surface area contributed by atoms with E-state index >= 15 is 0 Å². The van der Waals surface area contributed by atoms with Gasteiger partial charge in [-0.2, -0.15) is 0 Å². The molecular formula is C19H16ClNO5. The van der Waals surface area contributed by atoms with E-state index in [0.717, 1.165) is 16.9 Å². The van der Waals surface area contributed by atoms with Crippen LogP contribution in [0, 0.1) is 0 Å². The van der Waals surface area contributed by atoms with Gasteiger partial charge in [-0.25, -0.2) is 4.99 Å². The Morgan fingerprint density at radius 2 is 1.73 bits per heavy atom. The Morgan fingerprint density at radius 3 is 2.58 bits per heavy atom. The topological polar surface area (TPSA) is 58.5 Å². The minimum Gasteiger partial charge on any atom is -0.475 e. The summed E-state index contributed by atoms with van der Waals surface area (Å²) in [7, 11) is 0. The second kappa shape index (κ2) is 6.16. The van der Waals surface area contributed by atoms with Crippen LogP contribution in [-0.2, 0) is 14.2 Å². The number of benzene rings is 2. The van der Waals surface area contributed by atoms with Crippen LogP contribution >= 0.6 is 11.6 Å². The molecule has 0 N–H and O–H groups in total. The predicted molar refractivity (Wildman–Crippen MR) is 93.9 cm³/mol. The third-order valence-electron chi connectivity index (χ3n) is 4.60. The summed E-state index contributed by atoms with van der Waals surface area (Å²) in [6, 6.07) is 13.1. The lowest BCUT2D eigenvalue weighted by atomic mass is 10.0. The quantitative estimate of drug-likeness (QED) is 0.808. The lowest BCUT2D eigenvalue weighted by Crippen LogP contribution is -2.44. The zero-order chi connectivity index (χ0) is 17.6. The highest BCUT2D eigenvalue weighted by Gasteiger charge is 2.43. The molecule has 3 aliphatic heterocycles. The van der Waals surface area contributed by atoms with Gasteiger partial charge >= 0.3 is 0 Å². The van der Waals surface area contributed by atoms with E-state index in [1.165, 1.54) is 0 Å². The van der Waals surface area contributed by atoms with Crippen LogP contribution in [0.4, 0.5) is 0 Å². The second-order valence-electron chi connectivity index (χ2n) is 6.48. The standard InChI is InChI=1S/C19H16ClNO5/c20-14-4-2-1-3-13(14)17-21-19(8-22-17)9-23-18(24-10-19)12-5-6-15-16(7-12)26-11-25-15/h1-7,18H,8-11H2. The number of halogens is 1. The summed E-state index contributed by atoms with van der Waals surface area (Å²) in [6.45, 7) is 1.45. The van der Waals surface area contributed by atoms with Crippen LogP contribution in [0.25, 0.3) is 0 Å². The summed E-state index contributed by atoms with van der Waals surface area (Å²) in [5.74, 6) is 1.97. The van der Waals surface area contributed by atoms with Crippen molar-refractivity contribution in [1.82, 2.24) is 0 Å². The molecule has 7 heteroatoms. The van der Waals surface area contributed by atoms with Crippen LogP contribution in [0.2, 0.25) is 5.02 Å². The van der Waals surface area contributed by atoms with Gasteiger partial charge in [0.05, 0.1) is 23.8 Å². The van der Waals surface area contributed by atoms with Crippen molar-refractivity contribution in [2.45, 2.75) is 11.8 Å². The van der Waals surface area contributed by atoms with Crippen LogP contribution in [0.1, 0.15) is 17.4 Å². The first-order chi connectivity index (χ1) is 12.7. The number of hydrogen-bond donors (Lipinski definition) is 0. The highest BCUT2D eigenvalue weighted by molar-refractivity contribution is 6.33. The zero-order valence-electron chi connectivity index (χ0n) is 13.8.